The Bertz CT molecular complexity index is 554. The molecule has 1 aromatic rings. The van der Waals surface area contributed by atoms with Crippen molar-refractivity contribution in [1.82, 2.24) is 4.90 Å². The van der Waals surface area contributed by atoms with Gasteiger partial charge < -0.3 is 10.0 Å². The molecule has 0 radical (unpaired) electrons. The number of hydrogen-bond donors (Lipinski definition) is 1. The number of rotatable bonds is 2. The van der Waals surface area contributed by atoms with Crippen LogP contribution in [0.15, 0.2) is 18.2 Å². The van der Waals surface area contributed by atoms with E-state index in [4.69, 9.17) is 5.11 Å². The Morgan fingerprint density at radius 3 is 2.60 bits per heavy atom. The quantitative estimate of drug-likeness (QED) is 0.901. The summed E-state index contributed by atoms with van der Waals surface area (Å²) >= 11 is 0. The molecule has 2 rings (SSSR count). The number of carbonyl (C=O) groups is 2. The fourth-order valence-electron chi connectivity index (χ4n) is 2.37. The van der Waals surface area contributed by atoms with E-state index in [1.807, 2.05) is 0 Å². The second kappa shape index (κ2) is 5.15. The van der Waals surface area contributed by atoms with Crippen LogP contribution in [0.2, 0.25) is 0 Å². The van der Waals surface area contributed by atoms with E-state index >= 15 is 0 Å². The van der Waals surface area contributed by atoms with Crippen molar-refractivity contribution >= 4 is 11.9 Å². The first-order valence-electron chi connectivity index (χ1n) is 5.96. The van der Waals surface area contributed by atoms with Crippen LogP contribution in [0.1, 0.15) is 16.7 Å². The number of carboxylic acids is 1. The van der Waals surface area contributed by atoms with E-state index in [0.717, 1.165) is 10.5 Å². The van der Waals surface area contributed by atoms with Gasteiger partial charge in [0.2, 0.25) is 0 Å². The zero-order valence-electron chi connectivity index (χ0n) is 10.4. The number of carboxylic acid groups (broad SMARTS) is 1. The molecular formula is C13H12F3NO3. The van der Waals surface area contributed by atoms with Gasteiger partial charge in [-0.2, -0.15) is 13.2 Å². The van der Waals surface area contributed by atoms with E-state index in [1.165, 1.54) is 0 Å². The summed E-state index contributed by atoms with van der Waals surface area (Å²) in [5.41, 5.74) is 1.91. The fourth-order valence-corrected chi connectivity index (χ4v) is 2.37. The Kier molecular flexibility index (Phi) is 3.69. The molecule has 0 saturated carbocycles. The van der Waals surface area contributed by atoms with Crippen LogP contribution >= 0.6 is 0 Å². The first-order valence-corrected chi connectivity index (χ1v) is 5.96. The summed E-state index contributed by atoms with van der Waals surface area (Å²) in [6, 6.07) is 4.86. The van der Waals surface area contributed by atoms with Crippen LogP contribution in [-0.2, 0) is 29.0 Å². The van der Waals surface area contributed by atoms with Crippen LogP contribution in [0.3, 0.4) is 0 Å². The molecule has 1 heterocycles. The average Bonchev–Trinajstić information content (AvgIpc) is 2.36. The maximum Gasteiger partial charge on any atom is 0.471 e. The highest BCUT2D eigenvalue weighted by molar-refractivity contribution is 5.82. The first-order chi connectivity index (χ1) is 9.29. The van der Waals surface area contributed by atoms with Crippen LogP contribution in [0.4, 0.5) is 13.2 Å². The van der Waals surface area contributed by atoms with Gasteiger partial charge in [-0.1, -0.05) is 18.2 Å². The molecule has 0 spiro atoms. The molecule has 0 atom stereocenters. The number of nitrogens with zero attached hydrogens (tertiary/aromatic N) is 1. The first kappa shape index (κ1) is 14.4. The second-order valence-electron chi connectivity index (χ2n) is 4.60. The summed E-state index contributed by atoms with van der Waals surface area (Å²) < 4.78 is 37.2. The maximum atomic E-state index is 12.4. The van der Waals surface area contributed by atoms with Gasteiger partial charge in [-0.25, -0.2) is 0 Å². The van der Waals surface area contributed by atoms with Gasteiger partial charge in [0, 0.05) is 13.1 Å². The van der Waals surface area contributed by atoms with Gasteiger partial charge in [0.25, 0.3) is 0 Å². The molecule has 1 aliphatic rings. The molecule has 7 heteroatoms. The highest BCUT2D eigenvalue weighted by Gasteiger charge is 2.43. The van der Waals surface area contributed by atoms with Crippen molar-refractivity contribution in [3.05, 3.63) is 34.9 Å². The molecule has 0 aromatic heterocycles. The lowest BCUT2D eigenvalue weighted by atomic mass is 9.93. The molecule has 1 amide bonds. The lowest BCUT2D eigenvalue weighted by Gasteiger charge is -2.30. The highest BCUT2D eigenvalue weighted by atomic mass is 19.4. The van der Waals surface area contributed by atoms with E-state index in [0.29, 0.717) is 11.1 Å². The SMILES string of the molecule is O=C(O)Cc1cccc2c1CCN(C(=O)C(F)(F)F)C2. The molecular weight excluding hydrogens is 275 g/mol. The van der Waals surface area contributed by atoms with Crippen LogP contribution in [0.5, 0.6) is 0 Å². The Morgan fingerprint density at radius 2 is 2.00 bits per heavy atom. The summed E-state index contributed by atoms with van der Waals surface area (Å²) in [6.07, 6.45) is -4.81. The highest BCUT2D eigenvalue weighted by Crippen LogP contribution is 2.26. The van der Waals surface area contributed by atoms with E-state index in [2.05, 4.69) is 0 Å². The van der Waals surface area contributed by atoms with Gasteiger partial charge in [-0.15, -0.1) is 0 Å². The number of benzene rings is 1. The average molecular weight is 287 g/mol. The molecule has 0 saturated heterocycles. The van der Waals surface area contributed by atoms with Crippen molar-refractivity contribution in [1.29, 1.82) is 0 Å². The van der Waals surface area contributed by atoms with Gasteiger partial charge in [0.15, 0.2) is 0 Å². The third-order valence-electron chi connectivity index (χ3n) is 3.23. The molecule has 0 bridgehead atoms. The molecule has 4 nitrogen and oxygen atoms in total. The van der Waals surface area contributed by atoms with Gasteiger partial charge in [0.05, 0.1) is 6.42 Å². The Morgan fingerprint density at radius 1 is 1.30 bits per heavy atom. The number of alkyl halides is 3. The normalized spacial score (nSPS) is 14.8. The number of aliphatic carboxylic acids is 1. The summed E-state index contributed by atoms with van der Waals surface area (Å²) in [7, 11) is 0. The topological polar surface area (TPSA) is 57.6 Å². The Labute approximate surface area is 112 Å². The molecule has 1 N–H and O–H groups in total. The minimum Gasteiger partial charge on any atom is -0.481 e. The van der Waals surface area contributed by atoms with Crippen LogP contribution in [0, 0.1) is 0 Å². The molecule has 108 valence electrons. The Balaban J connectivity index is 2.23. The minimum absolute atomic E-state index is 0.0536. The van der Waals surface area contributed by atoms with Crippen molar-refractivity contribution in [2.24, 2.45) is 0 Å². The van der Waals surface area contributed by atoms with E-state index in [9.17, 15) is 22.8 Å². The van der Waals surface area contributed by atoms with Gasteiger partial charge in [0.1, 0.15) is 0 Å². The van der Waals surface area contributed by atoms with Crippen LogP contribution < -0.4 is 0 Å². The maximum absolute atomic E-state index is 12.4. The van der Waals surface area contributed by atoms with E-state index in [1.54, 1.807) is 18.2 Å². The molecule has 1 aliphatic heterocycles. The molecule has 20 heavy (non-hydrogen) atoms. The van der Waals surface area contributed by atoms with Crippen molar-refractivity contribution in [3.63, 3.8) is 0 Å². The summed E-state index contributed by atoms with van der Waals surface area (Å²) in [5, 5.41) is 8.80. The van der Waals surface area contributed by atoms with Crippen molar-refractivity contribution < 1.29 is 27.9 Å². The third-order valence-corrected chi connectivity index (χ3v) is 3.23. The predicted octanol–water partition coefficient (Wildman–Crippen LogP) is 1.76. The van der Waals surface area contributed by atoms with Crippen molar-refractivity contribution in [2.45, 2.75) is 25.6 Å². The van der Waals surface area contributed by atoms with E-state index in [-0.39, 0.29) is 25.9 Å². The monoisotopic (exact) mass is 287 g/mol. The van der Waals surface area contributed by atoms with Gasteiger partial charge in [-0.05, 0) is 23.1 Å². The summed E-state index contributed by atoms with van der Waals surface area (Å²) in [4.78, 5) is 22.7. The van der Waals surface area contributed by atoms with Crippen molar-refractivity contribution in [3.8, 4) is 0 Å². The van der Waals surface area contributed by atoms with Gasteiger partial charge >= 0.3 is 18.1 Å². The zero-order chi connectivity index (χ0) is 14.9. The van der Waals surface area contributed by atoms with Crippen LogP contribution in [-0.4, -0.2) is 34.6 Å². The van der Waals surface area contributed by atoms with E-state index < -0.39 is 18.1 Å². The summed E-state index contributed by atoms with van der Waals surface area (Å²) in [6.45, 7) is -0.191. The molecule has 0 fully saturated rings. The molecule has 1 aromatic carbocycles. The second-order valence-corrected chi connectivity index (χ2v) is 4.60. The summed E-state index contributed by atoms with van der Waals surface area (Å²) in [5.74, 6) is -2.85. The smallest absolute Gasteiger partial charge is 0.471 e. The molecule has 0 unspecified atom stereocenters. The standard InChI is InChI=1S/C13H12F3NO3/c14-13(15,16)12(20)17-5-4-10-8(6-11(18)19)2-1-3-9(10)7-17/h1-3H,4-7H2,(H,18,19). The number of carbonyl (C=O) groups excluding carboxylic acids is 1. The lowest BCUT2D eigenvalue weighted by molar-refractivity contribution is -0.186. The molecule has 0 aliphatic carbocycles. The van der Waals surface area contributed by atoms with Crippen molar-refractivity contribution in [2.75, 3.05) is 6.54 Å². The number of fused-ring (bicyclic) bond motifs is 1. The fraction of sp³-hybridized carbons (Fsp3) is 0.385. The third kappa shape index (κ3) is 2.92. The number of halogens is 3. The zero-order valence-corrected chi connectivity index (χ0v) is 10.4. The Hall–Kier alpha value is -2.05. The minimum atomic E-state index is -4.88. The predicted molar refractivity (Wildman–Crippen MR) is 63.0 cm³/mol. The van der Waals surface area contributed by atoms with Crippen LogP contribution in [0.25, 0.3) is 0 Å². The lowest BCUT2D eigenvalue weighted by Crippen LogP contribution is -2.43. The largest absolute Gasteiger partial charge is 0.481 e. The number of hydrogen-bond acceptors (Lipinski definition) is 2. The number of amides is 1. The van der Waals surface area contributed by atoms with Gasteiger partial charge in [-0.3, -0.25) is 9.59 Å².